The van der Waals surface area contributed by atoms with E-state index in [9.17, 15) is 55.5 Å². The van der Waals surface area contributed by atoms with Crippen LogP contribution in [0, 0.1) is 0 Å². The summed E-state index contributed by atoms with van der Waals surface area (Å²) in [5.74, 6) is -7.57. The first-order chi connectivity index (χ1) is 20.4. The molecule has 0 saturated heterocycles. The van der Waals surface area contributed by atoms with Crippen molar-refractivity contribution in [2.45, 2.75) is 6.10 Å². The Labute approximate surface area is 238 Å². The molecule has 1 aromatic heterocycles. The molecule has 9 N–H and O–H groups in total. The van der Waals surface area contributed by atoms with Crippen LogP contribution in [0.2, 0.25) is 0 Å². The highest BCUT2D eigenvalue weighted by Crippen LogP contribution is 2.50. The van der Waals surface area contributed by atoms with Crippen molar-refractivity contribution in [1.82, 2.24) is 0 Å². The lowest BCUT2D eigenvalue weighted by Gasteiger charge is -2.17. The Morgan fingerprint density at radius 1 is 0.628 bits per heavy atom. The number of carbonyl (C=O) groups excluding carboxylic acids is 2. The van der Waals surface area contributed by atoms with Crippen molar-refractivity contribution in [3.63, 3.8) is 0 Å². The molecule has 0 saturated carbocycles. The second-order valence-electron chi connectivity index (χ2n) is 9.61. The molecule has 1 unspecified atom stereocenters. The lowest BCUT2D eigenvalue weighted by molar-refractivity contribution is -0.176. The first-order valence-electron chi connectivity index (χ1n) is 12.3. The predicted octanol–water partition coefficient (Wildman–Crippen LogP) is 3.46. The summed E-state index contributed by atoms with van der Waals surface area (Å²) < 4.78 is 11.4. The monoisotopic (exact) mass is 587 g/mol. The number of rotatable bonds is 3. The van der Waals surface area contributed by atoms with Gasteiger partial charge in [0.05, 0.1) is 22.8 Å². The second-order valence-corrected chi connectivity index (χ2v) is 9.61. The highest BCUT2D eigenvalue weighted by molar-refractivity contribution is 6.22. The quantitative estimate of drug-likeness (QED) is 0.0837. The number of Topliss-reactive ketones (excluding diaryl/α,β-unsaturated/α-hetero) is 1. The molecule has 13 heteroatoms. The molecule has 0 fully saturated rings. The van der Waals surface area contributed by atoms with Crippen LogP contribution < -0.4 is 5.43 Å². The number of phenols is 8. The number of fused-ring (bicyclic) bond motifs is 2. The van der Waals surface area contributed by atoms with Crippen molar-refractivity contribution in [3.8, 4) is 74.2 Å². The topological polar surface area (TPSA) is 241 Å². The largest absolute Gasteiger partial charge is 0.508 e. The third kappa shape index (κ3) is 4.10. The van der Waals surface area contributed by atoms with E-state index in [1.165, 1.54) is 12.1 Å². The van der Waals surface area contributed by atoms with E-state index in [0.29, 0.717) is 0 Å². The van der Waals surface area contributed by atoms with Gasteiger partial charge < -0.3 is 50.4 Å². The number of carbonyl (C=O) groups is 1. The molecule has 2 heterocycles. The molecule has 0 aliphatic carbocycles. The maximum Gasteiger partial charge on any atom is 0.373 e. The van der Waals surface area contributed by atoms with Gasteiger partial charge in [-0.2, -0.15) is 0 Å². The number of benzene rings is 4. The minimum atomic E-state index is -2.03. The number of aromatic hydroxyl groups is 8. The van der Waals surface area contributed by atoms with Crippen LogP contribution in [0.3, 0.4) is 0 Å². The molecule has 0 spiro atoms. The fraction of sp³-hybridized carbons (Fsp3) is 0.0333. The summed E-state index contributed by atoms with van der Waals surface area (Å²) in [6.07, 6.45) is -2.03. The van der Waals surface area contributed by atoms with Crippen molar-refractivity contribution in [1.29, 1.82) is 0 Å². The van der Waals surface area contributed by atoms with E-state index in [1.807, 2.05) is 0 Å². The summed E-state index contributed by atoms with van der Waals surface area (Å²) in [4.78, 5) is 27.2. The molecule has 43 heavy (non-hydrogen) atoms. The zero-order chi connectivity index (χ0) is 30.9. The van der Waals surface area contributed by atoms with Crippen LogP contribution in [0.4, 0.5) is 0 Å². The maximum atomic E-state index is 13.9. The SMILES string of the molecule is O=C1c2c(cc(O)c(-c3c(-c4ccc(O)c(O)c4)oc4cc(O)cc(O)c4c3=O)c2O)[O+]=C(c2ccc(O)c(O)c2)C1O. The van der Waals surface area contributed by atoms with Gasteiger partial charge in [-0.05, 0) is 30.3 Å². The van der Waals surface area contributed by atoms with E-state index in [1.54, 1.807) is 0 Å². The molecule has 4 aromatic carbocycles. The van der Waals surface area contributed by atoms with Gasteiger partial charge in [0.25, 0.3) is 0 Å². The summed E-state index contributed by atoms with van der Waals surface area (Å²) >= 11 is 0. The van der Waals surface area contributed by atoms with Gasteiger partial charge in [-0.3, -0.25) is 9.59 Å². The first kappa shape index (κ1) is 27.0. The molecule has 5 aromatic rings. The summed E-state index contributed by atoms with van der Waals surface area (Å²) in [5, 5.41) is 92.5. The molecule has 0 amide bonds. The summed E-state index contributed by atoms with van der Waals surface area (Å²) in [5.41, 5.74) is -3.33. The van der Waals surface area contributed by atoms with Crippen LogP contribution in [0.1, 0.15) is 20.3 Å². The highest BCUT2D eigenvalue weighted by Gasteiger charge is 2.45. The van der Waals surface area contributed by atoms with Crippen molar-refractivity contribution < 1.29 is 59.6 Å². The minimum Gasteiger partial charge on any atom is -0.508 e. The lowest BCUT2D eigenvalue weighted by Crippen LogP contribution is -2.33. The fourth-order valence-electron chi connectivity index (χ4n) is 4.90. The molecule has 0 radical (unpaired) electrons. The average molecular weight is 587 g/mol. The van der Waals surface area contributed by atoms with Crippen LogP contribution in [-0.2, 0) is 0 Å². The number of hydrogen-bond donors (Lipinski definition) is 9. The average Bonchev–Trinajstić information content (AvgIpc) is 2.94. The van der Waals surface area contributed by atoms with Crippen LogP contribution >= 0.6 is 0 Å². The van der Waals surface area contributed by atoms with E-state index in [0.717, 1.165) is 42.5 Å². The lowest BCUT2D eigenvalue weighted by atomic mass is 9.90. The van der Waals surface area contributed by atoms with Gasteiger partial charge in [0.15, 0.2) is 28.6 Å². The Balaban J connectivity index is 1.67. The summed E-state index contributed by atoms with van der Waals surface area (Å²) in [6, 6.07) is 9.39. The van der Waals surface area contributed by atoms with E-state index < -0.39 is 103 Å². The Morgan fingerprint density at radius 3 is 1.91 bits per heavy atom. The van der Waals surface area contributed by atoms with Crippen molar-refractivity contribution >= 4 is 22.5 Å². The number of ketones is 2. The number of aliphatic hydroxyl groups excluding tert-OH is 1. The Bertz CT molecular complexity index is 2120. The number of hydrogen-bond acceptors (Lipinski definition) is 12. The maximum absolute atomic E-state index is 13.9. The molecule has 1 aliphatic rings. The van der Waals surface area contributed by atoms with E-state index >= 15 is 0 Å². The molecular weight excluding hydrogens is 568 g/mol. The van der Waals surface area contributed by atoms with Crippen LogP contribution in [0.5, 0.6) is 51.7 Å². The minimum absolute atomic E-state index is 0.00631. The standard InChI is InChI=1S/C30H18O13/c31-12-7-17(36)21-19(8-12)42-29(10-1-3-13(32)15(34)5-10)24(25(21)38)22-18(37)9-20-23(26(22)39)27(40)28(41)30(43-20)11-2-4-14(33)16(35)6-11/h1-9,28,41H,(H7-,31,32,33,34,35,36,37,38,39,40)/p+1. The second kappa shape index (κ2) is 9.43. The Kier molecular flexibility index (Phi) is 5.92. The van der Waals surface area contributed by atoms with Gasteiger partial charge in [0.2, 0.25) is 17.3 Å². The molecule has 1 atom stereocenters. The third-order valence-electron chi connectivity index (χ3n) is 6.91. The smallest absolute Gasteiger partial charge is 0.373 e. The third-order valence-corrected chi connectivity index (χ3v) is 6.91. The molecule has 6 rings (SSSR count). The highest BCUT2D eigenvalue weighted by atomic mass is 16.4. The molecule has 1 aliphatic heterocycles. The predicted molar refractivity (Wildman–Crippen MR) is 147 cm³/mol. The molecule has 216 valence electrons. The van der Waals surface area contributed by atoms with Crippen molar-refractivity contribution in [3.05, 3.63) is 75.9 Å². The first-order valence-corrected chi connectivity index (χ1v) is 12.3. The molecule has 13 nitrogen and oxygen atoms in total. The summed E-state index contributed by atoms with van der Waals surface area (Å²) in [7, 11) is 0. The molecule has 0 bridgehead atoms. The zero-order valence-electron chi connectivity index (χ0n) is 21.4. The molecular formula is C30H19O13+. The van der Waals surface area contributed by atoms with Gasteiger partial charge in [-0.25, -0.2) is 4.42 Å². The van der Waals surface area contributed by atoms with E-state index in [4.69, 9.17) is 8.84 Å². The van der Waals surface area contributed by atoms with E-state index in [2.05, 4.69) is 0 Å². The number of aliphatic hydroxyl groups is 1. The van der Waals surface area contributed by atoms with Crippen LogP contribution in [0.25, 0.3) is 33.4 Å². The van der Waals surface area contributed by atoms with E-state index in [-0.39, 0.29) is 16.7 Å². The Morgan fingerprint density at radius 2 is 1.26 bits per heavy atom. The van der Waals surface area contributed by atoms with Crippen molar-refractivity contribution in [2.75, 3.05) is 0 Å². The van der Waals surface area contributed by atoms with Gasteiger partial charge >= 0.3 is 11.5 Å². The Hall–Kier alpha value is -6.21. The van der Waals surface area contributed by atoms with Gasteiger partial charge in [-0.15, -0.1) is 0 Å². The van der Waals surface area contributed by atoms with Crippen molar-refractivity contribution in [2.24, 2.45) is 0 Å². The van der Waals surface area contributed by atoms with Gasteiger partial charge in [-0.1, -0.05) is 0 Å². The number of phenolic OH excluding ortho intramolecular Hbond substituents is 8. The van der Waals surface area contributed by atoms with Crippen LogP contribution in [-0.4, -0.2) is 63.6 Å². The van der Waals surface area contributed by atoms with Crippen LogP contribution in [0.15, 0.2) is 63.8 Å². The normalized spacial score (nSPS) is 14.5. The summed E-state index contributed by atoms with van der Waals surface area (Å²) in [6.45, 7) is 0. The zero-order valence-corrected chi connectivity index (χ0v) is 21.4. The fourth-order valence-corrected chi connectivity index (χ4v) is 4.90. The van der Waals surface area contributed by atoms with Gasteiger partial charge in [0.1, 0.15) is 39.7 Å². The van der Waals surface area contributed by atoms with Gasteiger partial charge in [0, 0.05) is 23.8 Å².